The number of amides is 2. The van der Waals surface area contributed by atoms with Crippen molar-refractivity contribution in [3.05, 3.63) is 86.5 Å². The molecular weight excluding hydrogens is 866 g/mol. The number of fused-ring (bicyclic) bond motifs is 2. The number of hydrogen-bond donors (Lipinski definition) is 4. The quantitative estimate of drug-likeness (QED) is 0.0624. The first-order chi connectivity index (χ1) is 29.1. The Bertz CT molecular complexity index is 2360. The molecule has 3 atom stereocenters. The van der Waals surface area contributed by atoms with Crippen LogP contribution >= 0.6 is 30.6 Å². The number of aryl methyl sites for hydroxylation is 1. The Labute approximate surface area is 370 Å². The van der Waals surface area contributed by atoms with Gasteiger partial charge >= 0.3 is 17.7 Å². The van der Waals surface area contributed by atoms with Crippen LogP contribution in [0.15, 0.2) is 59.4 Å². The summed E-state index contributed by atoms with van der Waals surface area (Å²) < 4.78 is 36.7. The van der Waals surface area contributed by atoms with Gasteiger partial charge in [-0.15, -0.1) is 11.5 Å². The second kappa shape index (κ2) is 21.4. The van der Waals surface area contributed by atoms with Gasteiger partial charge in [-0.05, 0) is 61.1 Å². The third-order valence-corrected chi connectivity index (χ3v) is 11.5. The zero-order valence-corrected chi connectivity index (χ0v) is 38.1. The van der Waals surface area contributed by atoms with Gasteiger partial charge in [-0.25, -0.2) is 14.7 Å². The van der Waals surface area contributed by atoms with Crippen molar-refractivity contribution in [3.8, 4) is 41.0 Å². The Morgan fingerprint density at radius 2 is 1.77 bits per heavy atom. The summed E-state index contributed by atoms with van der Waals surface area (Å²) in [5.74, 6) is 3.76. The molecule has 20 heteroatoms. The third kappa shape index (κ3) is 13.5. The van der Waals surface area contributed by atoms with Crippen molar-refractivity contribution in [3.63, 3.8) is 0 Å². The summed E-state index contributed by atoms with van der Waals surface area (Å²) in [6, 6.07) is 14.7. The van der Waals surface area contributed by atoms with Crippen LogP contribution < -0.4 is 31.0 Å². The van der Waals surface area contributed by atoms with Crippen molar-refractivity contribution in [2.45, 2.75) is 76.7 Å². The highest BCUT2D eigenvalue weighted by Crippen LogP contribution is 2.46. The number of terminal acetylenes is 1. The predicted octanol–water partition coefficient (Wildman–Crippen LogP) is 7.30. The number of hydroxylamine groups is 2. The number of anilines is 1. The lowest BCUT2D eigenvalue weighted by atomic mass is 9.76. The fourth-order valence-corrected chi connectivity index (χ4v) is 7.76. The number of halogens is 2. The number of carboxylic acids is 1. The Morgan fingerprint density at radius 3 is 2.37 bits per heavy atom. The topological polar surface area (TPSA) is 219 Å². The molecule has 5 N–H and O–H groups in total. The van der Waals surface area contributed by atoms with Crippen molar-refractivity contribution in [1.82, 2.24) is 19.4 Å². The van der Waals surface area contributed by atoms with E-state index in [0.29, 0.717) is 45.2 Å². The molecule has 3 aromatic carbocycles. The Kier molecular flexibility index (Phi) is 17.1. The molecule has 2 amide bonds. The molecule has 0 fully saturated rings. The van der Waals surface area contributed by atoms with Crippen molar-refractivity contribution in [1.29, 1.82) is 0 Å². The highest BCUT2D eigenvalue weighted by atomic mass is 35.5. The lowest BCUT2D eigenvalue weighted by Crippen LogP contribution is -2.45. The number of aliphatic carboxylic acids is 1. The number of hydrogen-bond acceptors (Lipinski definition) is 11. The van der Waals surface area contributed by atoms with Gasteiger partial charge in [0.15, 0.2) is 7.37 Å². The summed E-state index contributed by atoms with van der Waals surface area (Å²) in [4.78, 5) is 48.0. The number of benzene rings is 3. The number of nitrogens with two attached hydrogens (primary N) is 1. The van der Waals surface area contributed by atoms with E-state index in [1.54, 1.807) is 42.0 Å². The molecule has 0 spiro atoms. The summed E-state index contributed by atoms with van der Waals surface area (Å²) in [6.45, 7) is 8.25. The van der Waals surface area contributed by atoms with Crippen molar-refractivity contribution in [2.24, 2.45) is 5.73 Å². The molecule has 0 radical (unpaired) electrons. The first-order valence-electron chi connectivity index (χ1n) is 19.4. The highest BCUT2D eigenvalue weighted by Gasteiger charge is 2.42. The summed E-state index contributed by atoms with van der Waals surface area (Å²) >= 11 is 12.3. The van der Waals surface area contributed by atoms with E-state index in [1.165, 1.54) is 31.6 Å². The number of carbonyl (C=O) groups is 2. The standard InChI is InChI=1S/C22H28N2O5.C15H13Cl2N3O2.C5H12NO4P/c1-21(2)14-22(3,26-5)29-19-13-17(11-12-18(19)21)28-16-9-7-15(8-10-16)23-20(25)24(4)27-6;1-2-7-22-13-9-12(10(16)8-11(13)17)20-15(21)19-6-4-3-5-14(19)18-20;1-11(9,10)3-2-4(6)5(7)8/h7-13H,14H2,1-6H3,(H,23,25);1,8-9H,3-7H2;4H,2-3,6H2,1H3,(H,7,8)(H,9,10). The van der Waals surface area contributed by atoms with Crippen LogP contribution in [0.3, 0.4) is 0 Å². The maximum absolute atomic E-state index is 12.5. The van der Waals surface area contributed by atoms with E-state index < -0.39 is 25.2 Å². The molecule has 62 heavy (non-hydrogen) atoms. The fraction of sp³-hybridized carbons (Fsp3) is 0.429. The zero-order valence-electron chi connectivity index (χ0n) is 35.6. The molecule has 336 valence electrons. The summed E-state index contributed by atoms with van der Waals surface area (Å²) in [5, 5.41) is 17.1. The second-order valence-electron chi connectivity index (χ2n) is 15.3. The Balaban J connectivity index is 0.000000226. The van der Waals surface area contributed by atoms with Gasteiger partial charge in [-0.1, -0.05) is 49.0 Å². The lowest BCUT2D eigenvalue weighted by Gasteiger charge is -2.43. The maximum atomic E-state index is 12.5. The van der Waals surface area contributed by atoms with Crippen LogP contribution in [0.1, 0.15) is 57.8 Å². The van der Waals surface area contributed by atoms with E-state index in [9.17, 15) is 18.9 Å². The van der Waals surface area contributed by atoms with E-state index in [2.05, 4.69) is 30.2 Å². The van der Waals surface area contributed by atoms with Gasteiger partial charge in [0.25, 0.3) is 0 Å². The van der Waals surface area contributed by atoms with Crippen LogP contribution in [0.5, 0.6) is 23.0 Å². The number of urea groups is 1. The van der Waals surface area contributed by atoms with E-state index in [1.807, 2.05) is 25.1 Å². The van der Waals surface area contributed by atoms with Gasteiger partial charge in [0.05, 0.1) is 22.8 Å². The Morgan fingerprint density at radius 1 is 1.10 bits per heavy atom. The van der Waals surface area contributed by atoms with Gasteiger partial charge in [0, 0.05) is 76.7 Å². The molecule has 17 nitrogen and oxygen atoms in total. The minimum atomic E-state index is -3.10. The number of nitrogens with one attached hydrogen (secondary N) is 1. The summed E-state index contributed by atoms with van der Waals surface area (Å²) in [5.41, 5.74) is 7.00. The molecular formula is C42H53Cl2N6O11P. The number of ether oxygens (including phenoxy) is 4. The SMILES string of the molecule is C#CCOc1cc(-n2nc3n(c2=O)CCCC3)c(Cl)cc1Cl.CON(C)C(=O)Nc1ccc(Oc2ccc3c(c2)OC(C)(OC)CC3(C)C)cc1.CP(=O)(O)CCC(N)C(=O)O. The number of carbonyl (C=O) groups excluding carboxylic acids is 1. The van der Waals surface area contributed by atoms with Crippen LogP contribution in [0.2, 0.25) is 10.0 Å². The summed E-state index contributed by atoms with van der Waals surface area (Å²) in [6.07, 6.45) is 8.73. The minimum absolute atomic E-state index is 0.0412. The van der Waals surface area contributed by atoms with E-state index in [0.717, 1.165) is 47.9 Å². The molecule has 0 saturated heterocycles. The first-order valence-corrected chi connectivity index (χ1v) is 22.4. The van der Waals surface area contributed by atoms with Gasteiger partial charge in [0.1, 0.15) is 41.5 Å². The van der Waals surface area contributed by atoms with E-state index >= 15 is 0 Å². The molecule has 0 saturated carbocycles. The monoisotopic (exact) mass is 918 g/mol. The molecule has 1 aromatic heterocycles. The number of rotatable bonds is 12. The zero-order chi connectivity index (χ0) is 46.0. The van der Waals surface area contributed by atoms with Crippen LogP contribution in [-0.2, 0) is 37.3 Å². The fourth-order valence-electron chi connectivity index (χ4n) is 6.49. The normalized spacial score (nSPS) is 17.3. The van der Waals surface area contributed by atoms with Crippen molar-refractivity contribution >= 4 is 48.3 Å². The average Bonchev–Trinajstić information content (AvgIpc) is 3.55. The number of nitrogens with zero attached hydrogens (tertiary/aromatic N) is 4. The molecule has 0 aliphatic carbocycles. The minimum Gasteiger partial charge on any atom is -0.480 e. The molecule has 3 unspecified atom stereocenters. The van der Waals surface area contributed by atoms with E-state index in [-0.39, 0.29) is 36.3 Å². The van der Waals surface area contributed by atoms with Crippen LogP contribution in [0.25, 0.3) is 5.69 Å². The smallest absolute Gasteiger partial charge is 0.350 e. The van der Waals surface area contributed by atoms with Crippen molar-refractivity contribution in [2.75, 3.05) is 46.0 Å². The number of carboxylic acid groups (broad SMARTS) is 1. The van der Waals surface area contributed by atoms with Crippen LogP contribution in [0, 0.1) is 12.3 Å². The van der Waals surface area contributed by atoms with Crippen molar-refractivity contribution < 1.29 is 47.9 Å². The van der Waals surface area contributed by atoms with Gasteiger partial charge in [-0.2, -0.15) is 4.68 Å². The van der Waals surface area contributed by atoms with Crippen LogP contribution in [-0.4, -0.2) is 93.9 Å². The Hall–Kier alpha value is -5.05. The summed E-state index contributed by atoms with van der Waals surface area (Å²) in [7, 11) is 1.51. The molecule has 3 heterocycles. The average molecular weight is 920 g/mol. The van der Waals surface area contributed by atoms with Gasteiger partial charge in [0.2, 0.25) is 5.79 Å². The third-order valence-electron chi connectivity index (χ3n) is 9.79. The molecule has 0 bridgehead atoms. The predicted molar refractivity (Wildman–Crippen MR) is 236 cm³/mol. The van der Waals surface area contributed by atoms with Crippen LogP contribution in [0.4, 0.5) is 10.5 Å². The molecule has 6 rings (SSSR count). The van der Waals surface area contributed by atoms with E-state index in [4.69, 9.17) is 69.1 Å². The number of aromatic nitrogens is 3. The molecule has 4 aromatic rings. The number of methoxy groups -OCH3 is 1. The highest BCUT2D eigenvalue weighted by molar-refractivity contribution is 7.57. The molecule has 2 aliphatic heterocycles. The van der Waals surface area contributed by atoms with Gasteiger partial charge in [-0.3, -0.25) is 18.8 Å². The first kappa shape index (κ1) is 49.6. The second-order valence-corrected chi connectivity index (χ2v) is 18.7. The largest absolute Gasteiger partial charge is 0.480 e. The van der Waals surface area contributed by atoms with Gasteiger partial charge < -0.3 is 40.0 Å². The molecule has 2 aliphatic rings. The lowest BCUT2D eigenvalue weighted by molar-refractivity contribution is -0.172. The maximum Gasteiger partial charge on any atom is 0.350 e.